The van der Waals surface area contributed by atoms with E-state index in [4.69, 9.17) is 14.9 Å². The van der Waals surface area contributed by atoms with Crippen LogP contribution in [0.15, 0.2) is 40.8 Å². The van der Waals surface area contributed by atoms with Gasteiger partial charge < -0.3 is 19.8 Å². The fourth-order valence-electron chi connectivity index (χ4n) is 3.46. The molecule has 1 aliphatic rings. The molecule has 0 bridgehead atoms. The van der Waals surface area contributed by atoms with E-state index in [1.807, 2.05) is 24.3 Å². The Kier molecular flexibility index (Phi) is 6.17. The van der Waals surface area contributed by atoms with Gasteiger partial charge in [0.1, 0.15) is 11.2 Å². The molecular weight excluding hydrogens is 408 g/mol. The number of oxazole rings is 1. The van der Waals surface area contributed by atoms with Gasteiger partial charge in [0.2, 0.25) is 0 Å². The Bertz CT molecular complexity index is 1010. The van der Waals surface area contributed by atoms with Gasteiger partial charge in [0, 0.05) is 38.4 Å². The van der Waals surface area contributed by atoms with Crippen LogP contribution in [0.4, 0.5) is 31.0 Å². The molecule has 3 N–H and O–H groups in total. The average molecular weight is 431 g/mol. The largest absolute Gasteiger partial charge is 0.449 e. The Morgan fingerprint density at radius 3 is 2.58 bits per heavy atom. The molecule has 0 saturated carbocycles. The number of piperazine rings is 1. The summed E-state index contributed by atoms with van der Waals surface area (Å²) in [6.45, 7) is 4.09. The van der Waals surface area contributed by atoms with Gasteiger partial charge >= 0.3 is 6.09 Å². The fraction of sp³-hybridized carbons (Fsp3) is 0.333. The summed E-state index contributed by atoms with van der Waals surface area (Å²) in [6.07, 6.45) is -0.313. The summed E-state index contributed by atoms with van der Waals surface area (Å²) in [5.74, 6) is -1.91. The van der Waals surface area contributed by atoms with Crippen LogP contribution in [0.25, 0.3) is 11.1 Å². The molecule has 31 heavy (non-hydrogen) atoms. The van der Waals surface area contributed by atoms with Gasteiger partial charge in [-0.25, -0.2) is 13.6 Å². The normalized spacial score (nSPS) is 14.7. The number of hydrogen-bond acceptors (Lipinski definition) is 7. The Morgan fingerprint density at radius 1 is 1.16 bits per heavy atom. The lowest BCUT2D eigenvalue weighted by Crippen LogP contribution is -2.46. The van der Waals surface area contributed by atoms with Crippen LogP contribution >= 0.6 is 0 Å². The van der Waals surface area contributed by atoms with Crippen LogP contribution in [0.3, 0.4) is 0 Å². The van der Waals surface area contributed by atoms with E-state index in [0.717, 1.165) is 56.0 Å². The number of fused-ring (bicyclic) bond motifs is 1. The van der Waals surface area contributed by atoms with Crippen molar-refractivity contribution in [1.29, 1.82) is 0 Å². The van der Waals surface area contributed by atoms with Crippen molar-refractivity contribution in [3.63, 3.8) is 0 Å². The monoisotopic (exact) mass is 431 g/mol. The first-order valence-corrected chi connectivity index (χ1v) is 10.0. The highest BCUT2D eigenvalue weighted by Crippen LogP contribution is 2.23. The summed E-state index contributed by atoms with van der Waals surface area (Å²) in [4.78, 5) is 20.7. The fourth-order valence-corrected chi connectivity index (χ4v) is 3.46. The number of benzene rings is 2. The Morgan fingerprint density at radius 2 is 1.87 bits per heavy atom. The molecule has 1 fully saturated rings. The summed E-state index contributed by atoms with van der Waals surface area (Å²) in [7, 11) is 0. The van der Waals surface area contributed by atoms with Gasteiger partial charge in [0.25, 0.3) is 6.01 Å². The Balaban J connectivity index is 1.17. The van der Waals surface area contributed by atoms with Crippen molar-refractivity contribution in [3.8, 4) is 0 Å². The molecule has 1 aliphatic heterocycles. The smallest absolute Gasteiger partial charge is 0.411 e. The maximum absolute atomic E-state index is 13.7. The predicted octanol–water partition coefficient (Wildman–Crippen LogP) is 3.45. The topological polar surface area (TPSA) is 96.9 Å². The number of ether oxygens (including phenoxy) is 1. The standard InChI is InChI=1S/C21H23F2N5O3/c22-15-12-14(24)13-16(23)19(15)26-21(29)30-11-3-6-27-7-9-28(10-8-27)20-25-17-4-1-2-5-18(17)31-20/h1-2,4-5,12-13H,3,6-11,24H2,(H,26,29). The maximum atomic E-state index is 13.7. The minimum atomic E-state index is -0.953. The van der Waals surface area contributed by atoms with Gasteiger partial charge in [-0.1, -0.05) is 12.1 Å². The van der Waals surface area contributed by atoms with Gasteiger partial charge in [-0.2, -0.15) is 4.98 Å². The molecule has 0 spiro atoms. The van der Waals surface area contributed by atoms with E-state index >= 15 is 0 Å². The first-order chi connectivity index (χ1) is 15.0. The van der Waals surface area contributed by atoms with E-state index in [-0.39, 0.29) is 12.3 Å². The molecule has 4 rings (SSSR count). The van der Waals surface area contributed by atoms with Gasteiger partial charge in [-0.3, -0.25) is 10.2 Å². The number of para-hydroxylation sites is 2. The van der Waals surface area contributed by atoms with E-state index in [9.17, 15) is 13.6 Å². The molecule has 0 atom stereocenters. The van der Waals surface area contributed by atoms with Gasteiger partial charge in [0.05, 0.1) is 6.61 Å². The molecule has 0 aliphatic carbocycles. The van der Waals surface area contributed by atoms with Crippen LogP contribution in [0.5, 0.6) is 0 Å². The lowest BCUT2D eigenvalue weighted by Gasteiger charge is -2.33. The molecule has 3 aromatic rings. The van der Waals surface area contributed by atoms with Crippen LogP contribution in [-0.2, 0) is 4.74 Å². The molecule has 164 valence electrons. The second-order valence-corrected chi connectivity index (χ2v) is 7.27. The SMILES string of the molecule is Nc1cc(F)c(NC(=O)OCCCN2CCN(c3nc4ccccc4o3)CC2)c(F)c1. The number of amides is 1. The van der Waals surface area contributed by atoms with Crippen molar-refractivity contribution in [1.82, 2.24) is 9.88 Å². The van der Waals surface area contributed by atoms with Gasteiger partial charge in [-0.15, -0.1) is 0 Å². The molecule has 8 nitrogen and oxygen atoms in total. The second-order valence-electron chi connectivity index (χ2n) is 7.27. The molecule has 10 heteroatoms. The van der Waals surface area contributed by atoms with Crippen LogP contribution in [-0.4, -0.2) is 55.3 Å². The quantitative estimate of drug-likeness (QED) is 0.456. The number of carbonyl (C=O) groups excluding carboxylic acids is 1. The third-order valence-corrected chi connectivity index (χ3v) is 5.07. The number of anilines is 3. The molecule has 2 heterocycles. The molecular formula is C21H23F2N5O3. The highest BCUT2D eigenvalue weighted by atomic mass is 19.1. The predicted molar refractivity (Wildman–Crippen MR) is 113 cm³/mol. The van der Waals surface area contributed by atoms with E-state index < -0.39 is 23.4 Å². The summed E-state index contributed by atoms with van der Waals surface area (Å²) < 4.78 is 38.2. The molecule has 1 aromatic heterocycles. The average Bonchev–Trinajstić information content (AvgIpc) is 3.18. The van der Waals surface area contributed by atoms with Crippen molar-refractivity contribution in [2.45, 2.75) is 6.42 Å². The van der Waals surface area contributed by atoms with Gasteiger partial charge in [0.15, 0.2) is 17.2 Å². The lowest BCUT2D eigenvalue weighted by atomic mass is 10.2. The third-order valence-electron chi connectivity index (χ3n) is 5.07. The first kappa shape index (κ1) is 20.9. The van der Waals surface area contributed by atoms with Crippen molar-refractivity contribution in [2.75, 3.05) is 55.3 Å². The van der Waals surface area contributed by atoms with Crippen LogP contribution in [0, 0.1) is 11.6 Å². The molecule has 1 saturated heterocycles. The number of halogens is 2. The highest BCUT2D eigenvalue weighted by Gasteiger charge is 2.21. The lowest BCUT2D eigenvalue weighted by molar-refractivity contribution is 0.150. The first-order valence-electron chi connectivity index (χ1n) is 10.0. The maximum Gasteiger partial charge on any atom is 0.411 e. The number of carbonyl (C=O) groups is 1. The molecule has 0 unspecified atom stereocenters. The number of hydrogen-bond donors (Lipinski definition) is 2. The van der Waals surface area contributed by atoms with Crippen LogP contribution in [0.1, 0.15) is 6.42 Å². The zero-order valence-electron chi connectivity index (χ0n) is 16.8. The number of nitrogens with zero attached hydrogens (tertiary/aromatic N) is 3. The van der Waals surface area contributed by atoms with Crippen molar-refractivity contribution >= 4 is 34.6 Å². The summed E-state index contributed by atoms with van der Waals surface area (Å²) in [5, 5.41) is 2.07. The van der Waals surface area contributed by atoms with Crippen LogP contribution < -0.4 is 16.0 Å². The van der Waals surface area contributed by atoms with E-state index in [0.29, 0.717) is 12.4 Å². The zero-order chi connectivity index (χ0) is 21.8. The van der Waals surface area contributed by atoms with Crippen molar-refractivity contribution in [3.05, 3.63) is 48.0 Å². The number of rotatable bonds is 6. The zero-order valence-corrected chi connectivity index (χ0v) is 16.8. The van der Waals surface area contributed by atoms with E-state index in [1.54, 1.807) is 0 Å². The Hall–Kier alpha value is -3.40. The molecule has 2 aromatic carbocycles. The second kappa shape index (κ2) is 9.17. The van der Waals surface area contributed by atoms with Crippen LogP contribution in [0.2, 0.25) is 0 Å². The summed E-state index contributed by atoms with van der Waals surface area (Å²) in [6, 6.07) is 10.2. The van der Waals surface area contributed by atoms with Gasteiger partial charge in [-0.05, 0) is 30.7 Å². The number of nitrogens with one attached hydrogen (secondary N) is 1. The highest BCUT2D eigenvalue weighted by molar-refractivity contribution is 5.85. The van der Waals surface area contributed by atoms with Crippen molar-refractivity contribution < 1.29 is 22.7 Å². The number of nitrogen functional groups attached to an aromatic ring is 1. The minimum Gasteiger partial charge on any atom is -0.449 e. The summed E-state index contributed by atoms with van der Waals surface area (Å²) >= 11 is 0. The van der Waals surface area contributed by atoms with E-state index in [1.165, 1.54) is 0 Å². The Labute approximate surface area is 177 Å². The number of aromatic nitrogens is 1. The third kappa shape index (κ3) is 5.02. The number of nitrogens with two attached hydrogens (primary N) is 1. The van der Waals surface area contributed by atoms with Crippen molar-refractivity contribution in [2.24, 2.45) is 0 Å². The minimum absolute atomic E-state index is 0.0647. The molecule has 1 amide bonds. The molecule has 0 radical (unpaired) electrons. The summed E-state index contributed by atoms with van der Waals surface area (Å²) in [5.41, 5.74) is 6.32. The van der Waals surface area contributed by atoms with E-state index in [2.05, 4.69) is 20.1 Å².